The van der Waals surface area contributed by atoms with E-state index in [9.17, 15) is 8.42 Å². The first-order chi connectivity index (χ1) is 10.6. The van der Waals surface area contributed by atoms with Crippen LogP contribution in [0, 0.1) is 27.7 Å². The summed E-state index contributed by atoms with van der Waals surface area (Å²) in [6.45, 7) is 8.16. The van der Waals surface area contributed by atoms with E-state index in [-0.39, 0.29) is 4.90 Å². The van der Waals surface area contributed by atoms with Crippen LogP contribution in [0.15, 0.2) is 21.6 Å². The van der Waals surface area contributed by atoms with Crippen LogP contribution in [0.25, 0.3) is 0 Å². The Labute approximate surface area is 137 Å². The van der Waals surface area contributed by atoms with Gasteiger partial charge < -0.3 is 9.84 Å². The quantitative estimate of drug-likeness (QED) is 0.908. The van der Waals surface area contributed by atoms with Gasteiger partial charge in [0, 0.05) is 31.9 Å². The van der Waals surface area contributed by atoms with E-state index in [4.69, 9.17) is 4.52 Å². The lowest BCUT2D eigenvalue weighted by Crippen LogP contribution is -2.22. The highest BCUT2D eigenvalue weighted by Gasteiger charge is 2.19. The second kappa shape index (κ2) is 6.33. The molecule has 23 heavy (non-hydrogen) atoms. The number of sulfonamides is 1. The molecule has 0 atom stereocenters. The fourth-order valence-corrected chi connectivity index (χ4v) is 3.32. The number of nitrogens with zero attached hydrogens (tertiary/aromatic N) is 2. The zero-order valence-electron chi connectivity index (χ0n) is 14.4. The molecule has 7 heteroatoms. The second-order valence-electron chi connectivity index (χ2n) is 5.86. The molecule has 1 aromatic heterocycles. The Bertz CT molecular complexity index is 804. The molecule has 0 aliphatic carbocycles. The Hall–Kier alpha value is -1.86. The summed E-state index contributed by atoms with van der Waals surface area (Å²) >= 11 is 0. The van der Waals surface area contributed by atoms with Crippen LogP contribution in [0.3, 0.4) is 0 Å². The second-order valence-corrected chi connectivity index (χ2v) is 8.01. The van der Waals surface area contributed by atoms with E-state index in [0.717, 1.165) is 33.8 Å². The van der Waals surface area contributed by atoms with E-state index in [1.54, 1.807) is 12.1 Å². The predicted molar refractivity (Wildman–Crippen MR) is 90.1 cm³/mol. The summed E-state index contributed by atoms with van der Waals surface area (Å²) in [7, 11) is -0.406. The zero-order valence-corrected chi connectivity index (χ0v) is 15.2. The van der Waals surface area contributed by atoms with Gasteiger partial charge in [0.25, 0.3) is 0 Å². The zero-order chi connectivity index (χ0) is 17.4. The molecule has 0 unspecified atom stereocenters. The maximum Gasteiger partial charge on any atom is 0.242 e. The first-order valence-electron chi connectivity index (χ1n) is 7.34. The van der Waals surface area contributed by atoms with Gasteiger partial charge in [0.05, 0.1) is 10.6 Å². The third kappa shape index (κ3) is 3.40. The normalized spacial score (nSPS) is 12.0. The van der Waals surface area contributed by atoms with Crippen LogP contribution in [0.5, 0.6) is 0 Å². The maximum absolute atomic E-state index is 12.4. The lowest BCUT2D eigenvalue weighted by molar-refractivity contribution is 0.392. The fourth-order valence-electron chi connectivity index (χ4n) is 2.31. The van der Waals surface area contributed by atoms with Crippen LogP contribution in [0.1, 0.15) is 28.1 Å². The van der Waals surface area contributed by atoms with E-state index in [2.05, 4.69) is 10.5 Å². The molecule has 0 bridgehead atoms. The summed E-state index contributed by atoms with van der Waals surface area (Å²) in [5.41, 5.74) is 4.57. The fraction of sp³-hybridized carbons (Fsp3) is 0.438. The molecular formula is C16H23N3O3S. The molecule has 0 aliphatic rings. The molecule has 2 rings (SSSR count). The third-order valence-electron chi connectivity index (χ3n) is 4.06. The maximum atomic E-state index is 12.4. The Balaban J connectivity index is 2.37. The van der Waals surface area contributed by atoms with Gasteiger partial charge in [0.1, 0.15) is 5.76 Å². The molecule has 126 valence electrons. The Morgan fingerprint density at radius 1 is 1.17 bits per heavy atom. The molecule has 0 aliphatic heterocycles. The molecule has 0 saturated carbocycles. The number of aryl methyl sites for hydroxylation is 3. The van der Waals surface area contributed by atoms with Crippen molar-refractivity contribution in [2.75, 3.05) is 19.4 Å². The molecule has 0 saturated heterocycles. The van der Waals surface area contributed by atoms with Gasteiger partial charge in [-0.3, -0.25) is 0 Å². The number of hydrogen-bond donors (Lipinski definition) is 1. The predicted octanol–water partition coefficient (Wildman–Crippen LogP) is 2.77. The summed E-state index contributed by atoms with van der Waals surface area (Å²) in [6.07, 6.45) is 0. The van der Waals surface area contributed by atoms with Gasteiger partial charge >= 0.3 is 0 Å². The average molecular weight is 337 g/mol. The van der Waals surface area contributed by atoms with Gasteiger partial charge in [-0.15, -0.1) is 0 Å². The minimum atomic E-state index is -3.46. The minimum absolute atomic E-state index is 0.284. The topological polar surface area (TPSA) is 75.4 Å². The molecule has 2 aromatic rings. The Morgan fingerprint density at radius 3 is 2.35 bits per heavy atom. The number of anilines is 1. The molecule has 1 N–H and O–H groups in total. The molecule has 6 nitrogen and oxygen atoms in total. The highest BCUT2D eigenvalue weighted by atomic mass is 32.2. The standard InChI is InChI=1S/C16H23N3O3S/c1-10-7-14(23(20,21)19(5)6)8-16(11(10)2)17-9-15-12(3)18-22-13(15)4/h7-8,17H,9H2,1-6H3. The largest absolute Gasteiger partial charge is 0.381 e. The number of hydrogen-bond acceptors (Lipinski definition) is 5. The first-order valence-corrected chi connectivity index (χ1v) is 8.78. The van der Waals surface area contributed by atoms with Crippen molar-refractivity contribution in [2.24, 2.45) is 0 Å². The van der Waals surface area contributed by atoms with Gasteiger partial charge in [0.15, 0.2) is 0 Å². The first kappa shape index (κ1) is 17.5. The minimum Gasteiger partial charge on any atom is -0.381 e. The molecule has 0 amide bonds. The smallest absolute Gasteiger partial charge is 0.242 e. The van der Waals surface area contributed by atoms with Gasteiger partial charge in [-0.1, -0.05) is 5.16 Å². The van der Waals surface area contributed by atoms with Crippen molar-refractivity contribution in [3.63, 3.8) is 0 Å². The summed E-state index contributed by atoms with van der Waals surface area (Å²) in [5.74, 6) is 0.765. The summed E-state index contributed by atoms with van der Waals surface area (Å²) in [5, 5.41) is 7.24. The lowest BCUT2D eigenvalue weighted by atomic mass is 10.1. The van der Waals surface area contributed by atoms with Crippen LogP contribution in [0.2, 0.25) is 0 Å². The van der Waals surface area contributed by atoms with Crippen molar-refractivity contribution in [1.29, 1.82) is 0 Å². The van der Waals surface area contributed by atoms with Crippen molar-refractivity contribution in [3.8, 4) is 0 Å². The third-order valence-corrected chi connectivity index (χ3v) is 5.85. The summed E-state index contributed by atoms with van der Waals surface area (Å²) in [6, 6.07) is 3.38. The van der Waals surface area contributed by atoms with Crippen molar-refractivity contribution < 1.29 is 12.9 Å². The van der Waals surface area contributed by atoms with E-state index in [1.807, 2.05) is 27.7 Å². The van der Waals surface area contributed by atoms with E-state index >= 15 is 0 Å². The van der Waals surface area contributed by atoms with Gasteiger partial charge in [-0.2, -0.15) is 0 Å². The number of benzene rings is 1. The SMILES string of the molecule is Cc1cc(S(=O)(=O)N(C)C)cc(NCc2c(C)noc2C)c1C. The van der Waals surface area contributed by atoms with Crippen LogP contribution < -0.4 is 5.32 Å². The van der Waals surface area contributed by atoms with Gasteiger partial charge in [-0.05, 0) is 51.0 Å². The van der Waals surface area contributed by atoms with Gasteiger partial charge in [-0.25, -0.2) is 12.7 Å². The van der Waals surface area contributed by atoms with Crippen LogP contribution in [-0.2, 0) is 16.6 Å². The average Bonchev–Trinajstić information content (AvgIpc) is 2.79. The highest BCUT2D eigenvalue weighted by molar-refractivity contribution is 7.89. The van der Waals surface area contributed by atoms with Gasteiger partial charge in [0.2, 0.25) is 10.0 Å². The van der Waals surface area contributed by atoms with Crippen molar-refractivity contribution in [2.45, 2.75) is 39.1 Å². The molecule has 0 radical (unpaired) electrons. The number of aromatic nitrogens is 1. The molecule has 0 spiro atoms. The Kier molecular flexibility index (Phi) is 4.81. The van der Waals surface area contributed by atoms with E-state index < -0.39 is 10.0 Å². The van der Waals surface area contributed by atoms with Crippen molar-refractivity contribution in [1.82, 2.24) is 9.46 Å². The van der Waals surface area contributed by atoms with Crippen molar-refractivity contribution >= 4 is 15.7 Å². The Morgan fingerprint density at radius 2 is 1.83 bits per heavy atom. The summed E-state index contributed by atoms with van der Waals surface area (Å²) < 4.78 is 31.1. The van der Waals surface area contributed by atoms with E-state index in [0.29, 0.717) is 6.54 Å². The van der Waals surface area contributed by atoms with Crippen LogP contribution in [0.4, 0.5) is 5.69 Å². The van der Waals surface area contributed by atoms with Crippen molar-refractivity contribution in [3.05, 3.63) is 40.3 Å². The summed E-state index contributed by atoms with van der Waals surface area (Å²) in [4.78, 5) is 0.284. The molecular weight excluding hydrogens is 314 g/mol. The lowest BCUT2D eigenvalue weighted by Gasteiger charge is -2.17. The number of rotatable bonds is 5. The highest BCUT2D eigenvalue weighted by Crippen LogP contribution is 2.26. The molecule has 1 aromatic carbocycles. The molecule has 0 fully saturated rings. The van der Waals surface area contributed by atoms with E-state index in [1.165, 1.54) is 18.4 Å². The number of nitrogens with one attached hydrogen (secondary N) is 1. The monoisotopic (exact) mass is 337 g/mol. The molecule has 1 heterocycles. The van der Waals surface area contributed by atoms with Crippen LogP contribution in [-0.4, -0.2) is 32.0 Å². The van der Waals surface area contributed by atoms with Crippen LogP contribution >= 0.6 is 0 Å².